The summed E-state index contributed by atoms with van der Waals surface area (Å²) >= 11 is 0. The molecule has 5 nitrogen and oxygen atoms in total. The Labute approximate surface area is 112 Å². The standard InChI is InChI=1S/C7H5NO3S.C6H12O/c9-7-5-3-1-2-4-6(5)12(10,11)8-7;7-6-4-2-1-3-5-6/h1-4H,(H,8,9);6-7H,1-5H2. The molecule has 1 amide bonds. The van der Waals surface area contributed by atoms with E-state index in [9.17, 15) is 13.2 Å². The van der Waals surface area contributed by atoms with Gasteiger partial charge in [-0.25, -0.2) is 13.1 Å². The van der Waals surface area contributed by atoms with Crippen molar-refractivity contribution in [1.29, 1.82) is 0 Å². The van der Waals surface area contributed by atoms with Gasteiger partial charge < -0.3 is 5.11 Å². The predicted molar refractivity (Wildman–Crippen MR) is 70.2 cm³/mol. The third-order valence-corrected chi connectivity index (χ3v) is 4.61. The maximum absolute atomic E-state index is 11.1. The molecule has 1 saturated carbocycles. The summed E-state index contributed by atoms with van der Waals surface area (Å²) in [5.74, 6) is -0.550. The van der Waals surface area contributed by atoms with Crippen LogP contribution < -0.4 is 4.72 Å². The number of hydrogen-bond donors (Lipinski definition) is 2. The average Bonchev–Trinajstić information content (AvgIpc) is 2.62. The molecule has 0 saturated heterocycles. The quantitative estimate of drug-likeness (QED) is 0.754. The first-order valence-corrected chi connectivity index (χ1v) is 7.83. The molecule has 1 heterocycles. The molecule has 2 aliphatic rings. The highest BCUT2D eigenvalue weighted by molar-refractivity contribution is 7.90. The topological polar surface area (TPSA) is 83.5 Å². The fourth-order valence-corrected chi connectivity index (χ4v) is 3.37. The van der Waals surface area contributed by atoms with Crippen molar-refractivity contribution >= 4 is 15.9 Å². The molecule has 1 fully saturated rings. The molecule has 0 bridgehead atoms. The smallest absolute Gasteiger partial charge is 0.266 e. The number of carbonyl (C=O) groups excluding carboxylic acids is 1. The number of sulfonamides is 1. The van der Waals surface area contributed by atoms with Crippen molar-refractivity contribution in [1.82, 2.24) is 4.72 Å². The van der Waals surface area contributed by atoms with E-state index in [1.807, 2.05) is 4.72 Å². The van der Waals surface area contributed by atoms with Gasteiger partial charge in [0.25, 0.3) is 15.9 Å². The molecule has 3 rings (SSSR count). The highest BCUT2D eigenvalue weighted by atomic mass is 32.2. The van der Waals surface area contributed by atoms with Crippen LogP contribution in [0.5, 0.6) is 0 Å². The number of nitrogens with one attached hydrogen (secondary N) is 1. The summed E-state index contributed by atoms with van der Waals surface area (Å²) in [5.41, 5.74) is 0.220. The van der Waals surface area contributed by atoms with Crippen LogP contribution in [-0.2, 0) is 10.0 Å². The second kappa shape index (κ2) is 5.71. The van der Waals surface area contributed by atoms with Gasteiger partial charge in [-0.3, -0.25) is 4.79 Å². The first-order chi connectivity index (χ1) is 9.00. The molecule has 19 heavy (non-hydrogen) atoms. The van der Waals surface area contributed by atoms with E-state index in [0.29, 0.717) is 0 Å². The molecule has 1 aromatic carbocycles. The summed E-state index contributed by atoms with van der Waals surface area (Å²) in [6.07, 6.45) is 5.92. The van der Waals surface area contributed by atoms with Gasteiger partial charge in [0.2, 0.25) is 0 Å². The van der Waals surface area contributed by atoms with Gasteiger partial charge in [0, 0.05) is 0 Å². The van der Waals surface area contributed by atoms with E-state index in [1.54, 1.807) is 12.1 Å². The molecule has 6 heteroatoms. The van der Waals surface area contributed by atoms with Crippen molar-refractivity contribution in [2.24, 2.45) is 0 Å². The van der Waals surface area contributed by atoms with Gasteiger partial charge >= 0.3 is 0 Å². The van der Waals surface area contributed by atoms with Crippen LogP contribution >= 0.6 is 0 Å². The van der Waals surface area contributed by atoms with Crippen molar-refractivity contribution in [2.45, 2.75) is 43.1 Å². The summed E-state index contributed by atoms with van der Waals surface area (Å²) in [6, 6.07) is 6.09. The minimum absolute atomic E-state index is 0.0359. The molecule has 0 unspecified atom stereocenters. The van der Waals surface area contributed by atoms with Crippen LogP contribution in [-0.4, -0.2) is 25.5 Å². The Morgan fingerprint density at radius 3 is 2.26 bits per heavy atom. The second-order valence-corrected chi connectivity index (χ2v) is 6.37. The van der Waals surface area contributed by atoms with E-state index < -0.39 is 15.9 Å². The maximum Gasteiger partial charge on any atom is 0.266 e. The summed E-state index contributed by atoms with van der Waals surface area (Å²) < 4.78 is 24.2. The molecule has 1 aliphatic carbocycles. The molecule has 0 atom stereocenters. The predicted octanol–water partition coefficient (Wildman–Crippen LogP) is 1.43. The van der Waals surface area contributed by atoms with Crippen molar-refractivity contribution in [3.05, 3.63) is 29.8 Å². The fourth-order valence-electron chi connectivity index (χ4n) is 2.20. The van der Waals surface area contributed by atoms with E-state index in [1.165, 1.54) is 31.4 Å². The highest BCUT2D eigenvalue weighted by Crippen LogP contribution is 2.20. The number of hydrogen-bond acceptors (Lipinski definition) is 4. The van der Waals surface area contributed by atoms with Gasteiger partial charge in [-0.1, -0.05) is 31.4 Å². The van der Waals surface area contributed by atoms with Crippen LogP contribution in [0.2, 0.25) is 0 Å². The van der Waals surface area contributed by atoms with Gasteiger partial charge in [0.05, 0.1) is 11.7 Å². The van der Waals surface area contributed by atoms with Crippen molar-refractivity contribution in [3.63, 3.8) is 0 Å². The minimum atomic E-state index is -3.55. The molecular weight excluding hydrogens is 266 g/mol. The van der Waals surface area contributed by atoms with Crippen LogP contribution in [0.3, 0.4) is 0 Å². The lowest BCUT2D eigenvalue weighted by atomic mass is 9.98. The molecule has 1 aliphatic heterocycles. The van der Waals surface area contributed by atoms with Gasteiger partial charge in [-0.2, -0.15) is 0 Å². The zero-order chi connectivity index (χ0) is 13.9. The fraction of sp³-hybridized carbons (Fsp3) is 0.462. The van der Waals surface area contributed by atoms with Crippen LogP contribution in [0, 0.1) is 0 Å². The number of aliphatic hydroxyl groups is 1. The largest absolute Gasteiger partial charge is 0.393 e. The average molecular weight is 283 g/mol. The number of fused-ring (bicyclic) bond motifs is 1. The third kappa shape index (κ3) is 3.33. The zero-order valence-corrected chi connectivity index (χ0v) is 11.3. The van der Waals surface area contributed by atoms with Crippen LogP contribution in [0.1, 0.15) is 42.5 Å². The Balaban J connectivity index is 0.000000163. The van der Waals surface area contributed by atoms with E-state index >= 15 is 0 Å². The van der Waals surface area contributed by atoms with Crippen molar-refractivity contribution < 1.29 is 18.3 Å². The van der Waals surface area contributed by atoms with E-state index in [2.05, 4.69) is 0 Å². The van der Waals surface area contributed by atoms with Gasteiger partial charge in [-0.05, 0) is 25.0 Å². The Bertz CT molecular complexity index is 562. The lowest BCUT2D eigenvalue weighted by Crippen LogP contribution is -2.20. The lowest BCUT2D eigenvalue weighted by Gasteiger charge is -2.14. The SMILES string of the molecule is O=C1NS(=O)(=O)c2ccccc21.OC1CCCCC1. The zero-order valence-electron chi connectivity index (χ0n) is 10.5. The molecule has 1 aromatic rings. The Hall–Kier alpha value is -1.40. The summed E-state index contributed by atoms with van der Waals surface area (Å²) in [6.45, 7) is 0. The van der Waals surface area contributed by atoms with E-state index in [4.69, 9.17) is 5.11 Å². The summed E-state index contributed by atoms with van der Waals surface area (Å²) in [5, 5.41) is 8.91. The molecule has 0 aromatic heterocycles. The number of carbonyl (C=O) groups is 1. The third-order valence-electron chi connectivity index (χ3n) is 3.22. The first-order valence-electron chi connectivity index (χ1n) is 6.35. The molecule has 0 spiro atoms. The lowest BCUT2D eigenvalue weighted by molar-refractivity contribution is 0.0985. The van der Waals surface area contributed by atoms with E-state index in [-0.39, 0.29) is 16.6 Å². The highest BCUT2D eigenvalue weighted by Gasteiger charge is 2.31. The molecular formula is C13H17NO4S. The Morgan fingerprint density at radius 2 is 1.74 bits per heavy atom. The number of rotatable bonds is 0. The number of amides is 1. The summed E-state index contributed by atoms with van der Waals surface area (Å²) in [4.78, 5) is 11.1. The Kier molecular flexibility index (Phi) is 4.21. The van der Waals surface area contributed by atoms with Crippen molar-refractivity contribution in [3.8, 4) is 0 Å². The monoisotopic (exact) mass is 283 g/mol. The van der Waals surface area contributed by atoms with Crippen LogP contribution in [0.4, 0.5) is 0 Å². The summed E-state index contributed by atoms with van der Waals surface area (Å²) in [7, 11) is -3.55. The van der Waals surface area contributed by atoms with Gasteiger partial charge in [-0.15, -0.1) is 0 Å². The molecule has 104 valence electrons. The molecule has 2 N–H and O–H groups in total. The number of benzene rings is 1. The second-order valence-electron chi connectivity index (χ2n) is 4.72. The number of aliphatic hydroxyl groups excluding tert-OH is 1. The van der Waals surface area contributed by atoms with Gasteiger partial charge in [0.15, 0.2) is 0 Å². The van der Waals surface area contributed by atoms with Crippen molar-refractivity contribution in [2.75, 3.05) is 0 Å². The Morgan fingerprint density at radius 1 is 1.11 bits per heavy atom. The normalized spacial score (nSPS) is 21.0. The first kappa shape index (κ1) is 14.0. The van der Waals surface area contributed by atoms with Crippen LogP contribution in [0.15, 0.2) is 29.2 Å². The minimum Gasteiger partial charge on any atom is -0.393 e. The maximum atomic E-state index is 11.1. The molecule has 0 radical (unpaired) electrons. The van der Waals surface area contributed by atoms with Gasteiger partial charge in [0.1, 0.15) is 4.90 Å². The van der Waals surface area contributed by atoms with E-state index in [0.717, 1.165) is 12.8 Å². The van der Waals surface area contributed by atoms with Crippen LogP contribution in [0.25, 0.3) is 0 Å².